The first kappa shape index (κ1) is 19.0. The molecule has 27 heavy (non-hydrogen) atoms. The number of hydrogen-bond acceptors (Lipinski definition) is 5. The number of hydrogen-bond donors (Lipinski definition) is 2. The molecule has 0 aliphatic heterocycles. The number of H-pyrrole nitrogens is 1. The molecule has 0 unspecified atom stereocenters. The lowest BCUT2D eigenvalue weighted by atomic mass is 10.2. The molecule has 3 aromatic rings. The minimum absolute atomic E-state index is 0.136. The lowest BCUT2D eigenvalue weighted by Crippen LogP contribution is -2.18. The zero-order valence-corrected chi connectivity index (χ0v) is 14.3. The molecular formula is C16H12ClF4N5O. The summed E-state index contributed by atoms with van der Waals surface area (Å²) in [7, 11) is 0. The Hall–Kier alpha value is -2.75. The molecule has 0 aromatic carbocycles. The molecule has 3 aromatic heterocycles. The van der Waals surface area contributed by atoms with Crippen molar-refractivity contribution in [1.82, 2.24) is 19.9 Å². The number of nitrogens with zero attached hydrogens (tertiary/aromatic N) is 3. The molecule has 6 nitrogen and oxygen atoms in total. The third-order valence-corrected chi connectivity index (χ3v) is 3.83. The number of carbonyl (C=O) groups excluding carboxylic acids is 1. The number of anilines is 1. The van der Waals surface area contributed by atoms with Gasteiger partial charge in [0, 0.05) is 29.8 Å². The van der Waals surface area contributed by atoms with Gasteiger partial charge in [-0.3, -0.25) is 4.79 Å². The molecule has 0 spiro atoms. The number of carbonyl (C=O) groups is 1. The smallest absolute Gasteiger partial charge is 0.360 e. The number of halogens is 5. The molecule has 0 fully saturated rings. The second-order valence-electron chi connectivity index (χ2n) is 5.65. The van der Waals surface area contributed by atoms with Gasteiger partial charge in [0.1, 0.15) is 5.65 Å². The maximum Gasteiger partial charge on any atom is 0.389 e. The van der Waals surface area contributed by atoms with Crippen LogP contribution in [0, 0.1) is 5.82 Å². The normalized spacial score (nSPS) is 11.7. The molecule has 2 N–H and O–H groups in total. The third kappa shape index (κ3) is 4.70. The van der Waals surface area contributed by atoms with Crippen LogP contribution in [0.3, 0.4) is 0 Å². The number of Topliss-reactive ketones (excluding diaryl/α,β-unsaturated/α-hetero) is 1. The molecule has 3 heterocycles. The molecule has 0 aliphatic carbocycles. The minimum atomic E-state index is -4.42. The van der Waals surface area contributed by atoms with Crippen molar-refractivity contribution in [3.05, 3.63) is 35.5 Å². The Morgan fingerprint density at radius 3 is 2.78 bits per heavy atom. The van der Waals surface area contributed by atoms with E-state index in [1.807, 2.05) is 0 Å². The first-order valence-electron chi connectivity index (χ1n) is 7.71. The number of ketones is 1. The van der Waals surface area contributed by atoms with E-state index in [9.17, 15) is 22.4 Å². The predicted octanol–water partition coefficient (Wildman–Crippen LogP) is 4.14. The highest BCUT2D eigenvalue weighted by atomic mass is 35.5. The predicted molar refractivity (Wildman–Crippen MR) is 90.9 cm³/mol. The number of aromatic amines is 1. The minimum Gasteiger partial charge on any atom is -0.360 e. The van der Waals surface area contributed by atoms with E-state index in [0.717, 1.165) is 6.20 Å². The van der Waals surface area contributed by atoms with Gasteiger partial charge in [0.2, 0.25) is 0 Å². The zero-order valence-electron chi connectivity index (χ0n) is 13.6. The maximum atomic E-state index is 13.9. The van der Waals surface area contributed by atoms with E-state index in [4.69, 9.17) is 11.6 Å². The molecule has 142 valence electrons. The fraction of sp³-hybridized carbons (Fsp3) is 0.250. The first-order chi connectivity index (χ1) is 12.7. The van der Waals surface area contributed by atoms with Crippen molar-refractivity contribution >= 4 is 34.2 Å². The summed E-state index contributed by atoms with van der Waals surface area (Å²) in [5, 5.41) is 3.42. The van der Waals surface area contributed by atoms with Gasteiger partial charge in [0.15, 0.2) is 23.2 Å². The monoisotopic (exact) mass is 401 g/mol. The summed E-state index contributed by atoms with van der Waals surface area (Å²) in [5.41, 5.74) is 1.03. The van der Waals surface area contributed by atoms with Gasteiger partial charge in [0.25, 0.3) is 0 Å². The highest BCUT2D eigenvalue weighted by Gasteiger charge is 2.27. The average molecular weight is 402 g/mol. The van der Waals surface area contributed by atoms with Crippen LogP contribution >= 0.6 is 11.6 Å². The third-order valence-electron chi connectivity index (χ3n) is 3.62. The van der Waals surface area contributed by atoms with Crippen LogP contribution in [0.4, 0.5) is 23.4 Å². The van der Waals surface area contributed by atoms with Gasteiger partial charge in [-0.25, -0.2) is 19.3 Å². The molecule has 0 bridgehead atoms. The summed E-state index contributed by atoms with van der Waals surface area (Å²) < 4.78 is 50.3. The van der Waals surface area contributed by atoms with E-state index in [-0.39, 0.29) is 11.6 Å². The van der Waals surface area contributed by atoms with E-state index in [2.05, 4.69) is 25.3 Å². The summed E-state index contributed by atoms with van der Waals surface area (Å²) in [4.78, 5) is 26.5. The van der Waals surface area contributed by atoms with Crippen molar-refractivity contribution in [2.45, 2.75) is 19.0 Å². The van der Waals surface area contributed by atoms with Crippen LogP contribution in [0.1, 0.15) is 12.8 Å². The Morgan fingerprint density at radius 1 is 1.26 bits per heavy atom. The Labute approximate surface area is 155 Å². The van der Waals surface area contributed by atoms with Gasteiger partial charge in [-0.15, -0.1) is 0 Å². The summed E-state index contributed by atoms with van der Waals surface area (Å²) in [6.45, 7) is -0.481. The van der Waals surface area contributed by atoms with Crippen molar-refractivity contribution in [1.29, 1.82) is 0 Å². The lowest BCUT2D eigenvalue weighted by Gasteiger charge is -2.08. The van der Waals surface area contributed by atoms with Crippen LogP contribution in [0.25, 0.3) is 22.4 Å². The van der Waals surface area contributed by atoms with Gasteiger partial charge in [0.05, 0.1) is 24.2 Å². The maximum absolute atomic E-state index is 13.9. The Morgan fingerprint density at radius 2 is 2.04 bits per heavy atom. The van der Waals surface area contributed by atoms with Gasteiger partial charge in [-0.1, -0.05) is 11.6 Å². The Balaban J connectivity index is 1.78. The van der Waals surface area contributed by atoms with Gasteiger partial charge >= 0.3 is 6.18 Å². The highest BCUT2D eigenvalue weighted by molar-refractivity contribution is 6.31. The number of rotatable bonds is 6. The quantitative estimate of drug-likeness (QED) is 0.607. The van der Waals surface area contributed by atoms with Crippen molar-refractivity contribution in [2.75, 3.05) is 11.9 Å². The largest absolute Gasteiger partial charge is 0.389 e. The van der Waals surface area contributed by atoms with E-state index in [0.29, 0.717) is 21.6 Å². The van der Waals surface area contributed by atoms with E-state index >= 15 is 0 Å². The van der Waals surface area contributed by atoms with Crippen LogP contribution in [0.15, 0.2) is 24.7 Å². The van der Waals surface area contributed by atoms with Crippen molar-refractivity contribution in [3.8, 4) is 11.4 Å². The number of pyridine rings is 1. The van der Waals surface area contributed by atoms with Crippen molar-refractivity contribution in [3.63, 3.8) is 0 Å². The van der Waals surface area contributed by atoms with Crippen LogP contribution in [-0.4, -0.2) is 38.4 Å². The fourth-order valence-corrected chi connectivity index (χ4v) is 2.49. The molecule has 3 rings (SSSR count). The average Bonchev–Trinajstić information content (AvgIpc) is 3.01. The molecule has 0 amide bonds. The lowest BCUT2D eigenvalue weighted by molar-refractivity contribution is -0.142. The fourth-order valence-electron chi connectivity index (χ4n) is 2.34. The van der Waals surface area contributed by atoms with Crippen LogP contribution in [0.5, 0.6) is 0 Å². The molecule has 0 saturated heterocycles. The van der Waals surface area contributed by atoms with Gasteiger partial charge in [-0.05, 0) is 6.07 Å². The Bertz CT molecular complexity index is 989. The number of nitrogens with one attached hydrogen (secondary N) is 2. The second kappa shape index (κ2) is 7.47. The Kier molecular flexibility index (Phi) is 5.26. The van der Waals surface area contributed by atoms with E-state index in [1.54, 1.807) is 12.3 Å². The van der Waals surface area contributed by atoms with Crippen LogP contribution in [0.2, 0.25) is 5.02 Å². The summed E-state index contributed by atoms with van der Waals surface area (Å²) >= 11 is 5.93. The van der Waals surface area contributed by atoms with E-state index in [1.165, 1.54) is 6.20 Å². The number of aromatic nitrogens is 4. The van der Waals surface area contributed by atoms with Crippen LogP contribution in [-0.2, 0) is 4.79 Å². The summed E-state index contributed by atoms with van der Waals surface area (Å²) in [6, 6.07) is 1.64. The van der Waals surface area contributed by atoms with Gasteiger partial charge in [-0.2, -0.15) is 13.2 Å². The van der Waals surface area contributed by atoms with Crippen molar-refractivity contribution in [2.24, 2.45) is 0 Å². The summed E-state index contributed by atoms with van der Waals surface area (Å²) in [5.74, 6) is -1.70. The molecule has 0 saturated carbocycles. The summed E-state index contributed by atoms with van der Waals surface area (Å²) in [6.07, 6.45) is -2.42. The van der Waals surface area contributed by atoms with Crippen LogP contribution < -0.4 is 5.32 Å². The second-order valence-corrected chi connectivity index (χ2v) is 6.09. The molecule has 0 radical (unpaired) electrons. The molecule has 0 atom stereocenters. The van der Waals surface area contributed by atoms with E-state index < -0.39 is 37.2 Å². The zero-order chi connectivity index (χ0) is 19.6. The van der Waals surface area contributed by atoms with Crippen molar-refractivity contribution < 1.29 is 22.4 Å². The topological polar surface area (TPSA) is 83.6 Å². The molecule has 0 aliphatic rings. The number of fused-ring (bicyclic) bond motifs is 1. The SMILES string of the molecule is O=C(CCC(F)(F)F)CNc1nc(-c2c[nH]c3ncc(Cl)cc23)ncc1F. The van der Waals surface area contributed by atoms with Gasteiger partial charge < -0.3 is 10.3 Å². The first-order valence-corrected chi connectivity index (χ1v) is 8.08. The molecular weight excluding hydrogens is 390 g/mol. The molecule has 11 heteroatoms. The highest BCUT2D eigenvalue weighted by Crippen LogP contribution is 2.28. The standard InChI is InChI=1S/C16H12ClF4N5O/c17-8-3-10-11(6-24-13(10)22-4-8)14-25-7-12(18)15(26-14)23-5-9(27)1-2-16(19,20)21/h3-4,6-7H,1-2,5H2,(H,22,24)(H,23,25,26). The number of alkyl halides is 3.